The molecule has 0 atom stereocenters. The lowest BCUT2D eigenvalue weighted by Crippen LogP contribution is -2.18. The van der Waals surface area contributed by atoms with Crippen LogP contribution in [0.5, 0.6) is 5.75 Å². The number of rotatable bonds is 11. The Labute approximate surface area is 210 Å². The highest BCUT2D eigenvalue weighted by atomic mass is 16.5. The summed E-state index contributed by atoms with van der Waals surface area (Å²) in [5.74, 6) is 0.397. The Bertz CT molecular complexity index is 1330. The number of esters is 1. The molecule has 8 nitrogen and oxygen atoms in total. The van der Waals surface area contributed by atoms with Crippen molar-refractivity contribution in [2.24, 2.45) is 0 Å². The minimum atomic E-state index is -0.577. The van der Waals surface area contributed by atoms with Crippen molar-refractivity contribution in [1.82, 2.24) is 14.8 Å². The summed E-state index contributed by atoms with van der Waals surface area (Å²) in [5.41, 5.74) is 1.33. The molecule has 2 aromatic carbocycles. The second-order valence-electron chi connectivity index (χ2n) is 8.29. The Hall–Kier alpha value is -4.20. The average Bonchev–Trinajstić information content (AvgIpc) is 3.32. The predicted octanol–water partition coefficient (Wildman–Crippen LogP) is 5.81. The van der Waals surface area contributed by atoms with Gasteiger partial charge in [-0.05, 0) is 55.8 Å². The third kappa shape index (κ3) is 5.89. The first kappa shape index (κ1) is 24.9. The Kier molecular flexibility index (Phi) is 8.28. The minimum Gasteiger partial charge on any atom is -0.494 e. The molecule has 0 aliphatic rings. The van der Waals surface area contributed by atoms with E-state index in [1.165, 1.54) is 23.7 Å². The number of hydrogen-bond acceptors (Lipinski definition) is 6. The number of unbranched alkanes of at least 4 members (excludes halogenated alkanes) is 3. The van der Waals surface area contributed by atoms with Gasteiger partial charge in [0.25, 0.3) is 5.91 Å². The van der Waals surface area contributed by atoms with E-state index in [0.29, 0.717) is 23.7 Å². The molecule has 0 unspecified atom stereocenters. The number of nitrogens with zero attached hydrogens (tertiary/aromatic N) is 3. The van der Waals surface area contributed by atoms with Crippen LogP contribution in [0.25, 0.3) is 16.7 Å². The molecule has 8 heteroatoms. The molecule has 0 spiro atoms. The first-order chi connectivity index (χ1) is 17.6. The Morgan fingerprint density at radius 1 is 0.944 bits per heavy atom. The molecule has 4 rings (SSSR count). The Morgan fingerprint density at radius 3 is 2.53 bits per heavy atom. The van der Waals surface area contributed by atoms with E-state index in [2.05, 4.69) is 22.3 Å². The maximum atomic E-state index is 13.1. The zero-order chi connectivity index (χ0) is 25.3. The third-order valence-corrected chi connectivity index (χ3v) is 5.68. The summed E-state index contributed by atoms with van der Waals surface area (Å²) in [6, 6.07) is 18.3. The molecule has 1 amide bonds. The first-order valence-corrected chi connectivity index (χ1v) is 12.3. The lowest BCUT2D eigenvalue weighted by Gasteiger charge is -2.12. The van der Waals surface area contributed by atoms with Crippen molar-refractivity contribution in [3.63, 3.8) is 0 Å². The minimum absolute atomic E-state index is 0.146. The van der Waals surface area contributed by atoms with Crippen LogP contribution in [0.3, 0.4) is 0 Å². The van der Waals surface area contributed by atoms with Crippen LogP contribution in [0.15, 0.2) is 66.9 Å². The van der Waals surface area contributed by atoms with E-state index in [1.807, 2.05) is 30.3 Å². The number of carbonyl (C=O) groups is 2. The van der Waals surface area contributed by atoms with Gasteiger partial charge >= 0.3 is 5.97 Å². The molecule has 0 fully saturated rings. The van der Waals surface area contributed by atoms with Crippen molar-refractivity contribution in [2.75, 3.05) is 18.5 Å². The number of fused-ring (bicyclic) bond motifs is 1. The van der Waals surface area contributed by atoms with Gasteiger partial charge in [0, 0.05) is 10.9 Å². The fraction of sp³-hybridized carbons (Fsp3) is 0.286. The quantitative estimate of drug-likeness (QED) is 0.212. The topological polar surface area (TPSA) is 95.3 Å². The fourth-order valence-corrected chi connectivity index (χ4v) is 3.77. The van der Waals surface area contributed by atoms with Crippen molar-refractivity contribution < 1.29 is 19.1 Å². The van der Waals surface area contributed by atoms with E-state index in [4.69, 9.17) is 9.47 Å². The van der Waals surface area contributed by atoms with Gasteiger partial charge in [-0.3, -0.25) is 4.79 Å². The van der Waals surface area contributed by atoms with Crippen molar-refractivity contribution in [3.05, 3.63) is 78.0 Å². The van der Waals surface area contributed by atoms with Crippen LogP contribution in [0.2, 0.25) is 0 Å². The molecular weight excluding hydrogens is 456 g/mol. The highest BCUT2D eigenvalue weighted by Gasteiger charge is 2.22. The molecular formula is C28H30N4O4. The molecule has 2 aromatic heterocycles. The number of benzene rings is 2. The summed E-state index contributed by atoms with van der Waals surface area (Å²) in [7, 11) is 0. The zero-order valence-corrected chi connectivity index (χ0v) is 20.6. The predicted molar refractivity (Wildman–Crippen MR) is 139 cm³/mol. The summed E-state index contributed by atoms with van der Waals surface area (Å²) in [6.45, 7) is 4.74. The molecule has 0 saturated heterocycles. The van der Waals surface area contributed by atoms with Crippen LogP contribution in [-0.2, 0) is 4.74 Å². The number of anilines is 1. The summed E-state index contributed by atoms with van der Waals surface area (Å²) >= 11 is 0. The van der Waals surface area contributed by atoms with Crippen LogP contribution >= 0.6 is 0 Å². The summed E-state index contributed by atoms with van der Waals surface area (Å²) in [4.78, 5) is 30.4. The molecule has 2 heterocycles. The standard InChI is InChI=1S/C28H30N4O4/c1-3-5-6-9-18-36-22-15-12-21(13-16-22)27(33)31-26-23(28(34)35-4-2)19-29-32(26)25-17-14-20-10-7-8-11-24(20)30-25/h7-8,10-17,19H,3-6,9,18H2,1-2H3,(H,31,33). The second kappa shape index (κ2) is 12.0. The maximum absolute atomic E-state index is 13.1. The van der Waals surface area contributed by atoms with Gasteiger partial charge in [0.2, 0.25) is 0 Å². The van der Waals surface area contributed by atoms with Crippen LogP contribution in [0.4, 0.5) is 5.82 Å². The summed E-state index contributed by atoms with van der Waals surface area (Å²) in [5, 5.41) is 8.13. The van der Waals surface area contributed by atoms with Gasteiger partial charge < -0.3 is 14.8 Å². The van der Waals surface area contributed by atoms with E-state index >= 15 is 0 Å². The molecule has 0 aliphatic heterocycles. The van der Waals surface area contributed by atoms with Crippen molar-refractivity contribution in [1.29, 1.82) is 0 Å². The number of pyridine rings is 1. The van der Waals surface area contributed by atoms with E-state index in [0.717, 1.165) is 23.7 Å². The van der Waals surface area contributed by atoms with E-state index in [-0.39, 0.29) is 18.0 Å². The average molecular weight is 487 g/mol. The van der Waals surface area contributed by atoms with Gasteiger partial charge in [0.05, 0.1) is 24.9 Å². The molecule has 0 bridgehead atoms. The zero-order valence-electron chi connectivity index (χ0n) is 20.6. The molecule has 0 aliphatic carbocycles. The third-order valence-electron chi connectivity index (χ3n) is 5.68. The number of hydrogen-bond donors (Lipinski definition) is 1. The lowest BCUT2D eigenvalue weighted by atomic mass is 10.2. The van der Waals surface area contributed by atoms with Crippen LogP contribution < -0.4 is 10.1 Å². The SMILES string of the molecule is CCCCCCOc1ccc(C(=O)Nc2c(C(=O)OCC)cnn2-c2ccc3ccccc3n2)cc1. The van der Waals surface area contributed by atoms with Gasteiger partial charge in [-0.1, -0.05) is 44.4 Å². The number of amides is 1. The van der Waals surface area contributed by atoms with E-state index < -0.39 is 11.9 Å². The molecule has 1 N–H and O–H groups in total. The van der Waals surface area contributed by atoms with Crippen LogP contribution in [0, 0.1) is 0 Å². The van der Waals surface area contributed by atoms with Crippen LogP contribution in [0.1, 0.15) is 60.2 Å². The number of para-hydroxylation sites is 1. The smallest absolute Gasteiger partial charge is 0.343 e. The molecule has 0 saturated carbocycles. The molecule has 4 aromatic rings. The van der Waals surface area contributed by atoms with Crippen molar-refractivity contribution in [3.8, 4) is 11.6 Å². The molecule has 186 valence electrons. The second-order valence-corrected chi connectivity index (χ2v) is 8.29. The number of aromatic nitrogens is 3. The first-order valence-electron chi connectivity index (χ1n) is 12.3. The Balaban J connectivity index is 1.56. The number of nitrogens with one attached hydrogen (secondary N) is 1. The van der Waals surface area contributed by atoms with Crippen molar-refractivity contribution in [2.45, 2.75) is 39.5 Å². The normalized spacial score (nSPS) is 10.8. The van der Waals surface area contributed by atoms with Gasteiger partial charge in [-0.15, -0.1) is 0 Å². The number of ether oxygens (including phenoxy) is 2. The van der Waals surface area contributed by atoms with Gasteiger partial charge in [0.1, 0.15) is 11.3 Å². The lowest BCUT2D eigenvalue weighted by molar-refractivity contribution is 0.0527. The largest absolute Gasteiger partial charge is 0.494 e. The maximum Gasteiger partial charge on any atom is 0.343 e. The molecule has 36 heavy (non-hydrogen) atoms. The van der Waals surface area contributed by atoms with Gasteiger partial charge in [-0.2, -0.15) is 9.78 Å². The molecule has 0 radical (unpaired) electrons. The van der Waals surface area contributed by atoms with E-state index in [1.54, 1.807) is 37.3 Å². The van der Waals surface area contributed by atoms with Crippen LogP contribution in [-0.4, -0.2) is 39.9 Å². The van der Waals surface area contributed by atoms with Gasteiger partial charge in [-0.25, -0.2) is 9.78 Å². The summed E-state index contributed by atoms with van der Waals surface area (Å²) in [6.07, 6.45) is 5.89. The van der Waals surface area contributed by atoms with E-state index in [9.17, 15) is 9.59 Å². The highest BCUT2D eigenvalue weighted by molar-refractivity contribution is 6.07. The Morgan fingerprint density at radius 2 is 1.75 bits per heavy atom. The number of carbonyl (C=O) groups excluding carboxylic acids is 2. The van der Waals surface area contributed by atoms with Crippen molar-refractivity contribution >= 4 is 28.6 Å². The fourth-order valence-electron chi connectivity index (χ4n) is 3.77. The highest BCUT2D eigenvalue weighted by Crippen LogP contribution is 2.23. The monoisotopic (exact) mass is 486 g/mol. The van der Waals surface area contributed by atoms with Gasteiger partial charge in [0.15, 0.2) is 11.6 Å². The summed E-state index contributed by atoms with van der Waals surface area (Å²) < 4.78 is 12.4.